The molecule has 0 fully saturated rings. The van der Waals surface area contributed by atoms with Gasteiger partial charge in [-0.3, -0.25) is 0 Å². The lowest BCUT2D eigenvalue weighted by atomic mass is 10.1. The van der Waals surface area contributed by atoms with E-state index in [4.69, 9.17) is 0 Å². The zero-order valence-corrected chi connectivity index (χ0v) is 16.4. The highest BCUT2D eigenvalue weighted by atomic mass is 32.1. The van der Waals surface area contributed by atoms with Gasteiger partial charge in [-0.25, -0.2) is 4.57 Å². The first-order chi connectivity index (χ1) is 10.1. The number of aromatic nitrogens is 1. The maximum atomic E-state index is 2.57. The van der Waals surface area contributed by atoms with Gasteiger partial charge in [-0.2, -0.15) is 0 Å². The quantitative estimate of drug-likeness (QED) is 0.476. The van der Waals surface area contributed by atoms with Crippen molar-refractivity contribution >= 4 is 59.5 Å². The second-order valence-electron chi connectivity index (χ2n) is 6.55. The Balaban J connectivity index is 2.16. The number of hydrogen-bond donors (Lipinski definition) is 0. The van der Waals surface area contributed by atoms with E-state index in [0.717, 1.165) is 6.42 Å². The summed E-state index contributed by atoms with van der Waals surface area (Å²) in [6.45, 7) is 7.39. The van der Waals surface area contributed by atoms with Crippen LogP contribution < -0.4 is 14.9 Å². The minimum absolute atomic E-state index is 0.623. The zero-order valence-electron chi connectivity index (χ0n) is 13.2. The van der Waals surface area contributed by atoms with Crippen LogP contribution in [0, 0.1) is 0 Å². The van der Waals surface area contributed by atoms with Crippen molar-refractivity contribution in [3.63, 3.8) is 0 Å². The molecular weight excluding hydrogens is 306 g/mol. The lowest BCUT2D eigenvalue weighted by Gasteiger charge is -2.05. The number of thiophene rings is 1. The van der Waals surface area contributed by atoms with Crippen LogP contribution >= 0.6 is 11.3 Å². The number of pyridine rings is 1. The number of nitrogens with zero attached hydrogens (tertiary/aromatic N) is 1. The highest BCUT2D eigenvalue weighted by Gasteiger charge is 2.30. The summed E-state index contributed by atoms with van der Waals surface area (Å²) < 4.78 is 5.46. The highest BCUT2D eigenvalue weighted by Crippen LogP contribution is 2.34. The zero-order chi connectivity index (χ0) is 14.7. The van der Waals surface area contributed by atoms with Crippen molar-refractivity contribution < 1.29 is 4.57 Å². The predicted octanol–water partition coefficient (Wildman–Crippen LogP) is 2.12. The Kier molecular flexibility index (Phi) is 3.10. The van der Waals surface area contributed by atoms with E-state index in [0.29, 0.717) is 0 Å². The van der Waals surface area contributed by atoms with E-state index < -0.39 is 17.6 Å². The van der Waals surface area contributed by atoms with Crippen molar-refractivity contribution in [2.24, 2.45) is 7.05 Å². The molecule has 4 rings (SSSR count). The average Bonchev–Trinajstić information content (AvgIpc) is 2.96. The van der Waals surface area contributed by atoms with Gasteiger partial charge in [-0.15, -0.1) is 11.3 Å². The first kappa shape index (κ1) is 13.7. The largest absolute Gasteiger partial charge is 0.204 e. The Hall–Kier alpha value is -0.976. The standard InChI is InChI=1S/C17H22NSSi2/c1-5-13-15-12(8-9-18(13)2)11-6-7-14-17(16(11)19-15)21(4)10-20(14)3/h6-9,20-21H,5,10H2,1-4H3/q+1. The Morgan fingerprint density at radius 3 is 2.62 bits per heavy atom. The minimum Gasteiger partial charge on any atom is -0.204 e. The van der Waals surface area contributed by atoms with Crippen molar-refractivity contribution in [3.8, 4) is 0 Å². The van der Waals surface area contributed by atoms with E-state index in [-0.39, 0.29) is 0 Å². The summed E-state index contributed by atoms with van der Waals surface area (Å²) in [6, 6.07) is 7.22. The highest BCUT2D eigenvalue weighted by molar-refractivity contribution is 7.28. The van der Waals surface area contributed by atoms with E-state index in [1.54, 1.807) is 15.6 Å². The molecule has 1 aliphatic heterocycles. The first-order valence-electron chi connectivity index (χ1n) is 7.98. The molecule has 0 N–H and O–H groups in total. The third kappa shape index (κ3) is 1.82. The topological polar surface area (TPSA) is 3.88 Å². The van der Waals surface area contributed by atoms with Gasteiger partial charge < -0.3 is 0 Å². The molecule has 0 bridgehead atoms. The summed E-state index contributed by atoms with van der Waals surface area (Å²) in [6.07, 6.45) is 3.35. The molecule has 21 heavy (non-hydrogen) atoms. The van der Waals surface area contributed by atoms with E-state index in [2.05, 4.69) is 67.4 Å². The van der Waals surface area contributed by atoms with Crippen molar-refractivity contribution in [1.29, 1.82) is 0 Å². The van der Waals surface area contributed by atoms with Crippen molar-refractivity contribution in [3.05, 3.63) is 30.1 Å². The second-order valence-corrected chi connectivity index (χ2v) is 14.3. The molecule has 108 valence electrons. The van der Waals surface area contributed by atoms with Gasteiger partial charge in [0.1, 0.15) is 11.7 Å². The van der Waals surface area contributed by atoms with Crippen LogP contribution in [-0.2, 0) is 13.5 Å². The maximum Gasteiger partial charge on any atom is 0.198 e. The smallest absolute Gasteiger partial charge is 0.198 e. The van der Waals surface area contributed by atoms with E-state index in [1.165, 1.54) is 21.2 Å². The normalized spacial score (nSPS) is 21.3. The number of aryl methyl sites for hydroxylation is 2. The molecule has 0 radical (unpaired) electrons. The number of benzene rings is 1. The minimum atomic E-state index is -0.684. The number of fused-ring (bicyclic) bond motifs is 5. The molecule has 0 amide bonds. The van der Waals surface area contributed by atoms with Crippen molar-refractivity contribution in [1.82, 2.24) is 0 Å². The molecule has 0 saturated heterocycles. The molecule has 2 unspecified atom stereocenters. The monoisotopic (exact) mass is 328 g/mol. The molecule has 0 aliphatic carbocycles. The molecule has 2 atom stereocenters. The van der Waals surface area contributed by atoms with Crippen LogP contribution in [0.4, 0.5) is 0 Å². The van der Waals surface area contributed by atoms with Crippen LogP contribution in [0.15, 0.2) is 24.4 Å². The lowest BCUT2D eigenvalue weighted by Crippen LogP contribution is -2.33. The molecule has 1 nitrogen and oxygen atoms in total. The third-order valence-corrected chi connectivity index (χ3v) is 15.9. The molecule has 0 spiro atoms. The van der Waals surface area contributed by atoms with Gasteiger partial charge in [-0.1, -0.05) is 43.0 Å². The van der Waals surface area contributed by atoms with Crippen LogP contribution in [0.3, 0.4) is 0 Å². The molecular formula is C17H22NSSi2+. The average molecular weight is 329 g/mol. The SMILES string of the molecule is CCc1c2sc3c4c(ccc3c2cc[n+]1C)[SiH](C)C[SiH]4C. The van der Waals surface area contributed by atoms with Crippen molar-refractivity contribution in [2.75, 3.05) is 0 Å². The van der Waals surface area contributed by atoms with Gasteiger partial charge in [0.15, 0.2) is 11.9 Å². The Morgan fingerprint density at radius 1 is 1.10 bits per heavy atom. The van der Waals surface area contributed by atoms with E-state index in [9.17, 15) is 0 Å². The first-order valence-corrected chi connectivity index (χ1v) is 13.9. The summed E-state index contributed by atoms with van der Waals surface area (Å²) >= 11 is 2.07. The van der Waals surface area contributed by atoms with Gasteiger partial charge in [0, 0.05) is 28.0 Å². The third-order valence-electron chi connectivity index (χ3n) is 5.19. The molecule has 1 aromatic carbocycles. The molecule has 3 aromatic rings. The Morgan fingerprint density at radius 2 is 1.86 bits per heavy atom. The summed E-state index contributed by atoms with van der Waals surface area (Å²) in [7, 11) is 0.873. The summed E-state index contributed by atoms with van der Waals surface area (Å²) in [5.74, 6) is 0. The maximum absolute atomic E-state index is 2.57. The fourth-order valence-corrected chi connectivity index (χ4v) is 16.7. The molecule has 3 heterocycles. The van der Waals surface area contributed by atoms with Crippen molar-refractivity contribution in [2.45, 2.75) is 32.1 Å². The molecule has 2 aromatic heterocycles. The van der Waals surface area contributed by atoms with Gasteiger partial charge in [0.25, 0.3) is 0 Å². The lowest BCUT2D eigenvalue weighted by molar-refractivity contribution is -0.677. The number of hydrogen-bond acceptors (Lipinski definition) is 1. The van der Waals surface area contributed by atoms with Crippen LogP contribution in [0.1, 0.15) is 12.6 Å². The summed E-state index contributed by atoms with van der Waals surface area (Å²) in [4.78, 5) is 0. The predicted molar refractivity (Wildman–Crippen MR) is 100.0 cm³/mol. The van der Waals surface area contributed by atoms with Crippen LogP contribution in [-0.4, -0.2) is 17.6 Å². The fraction of sp³-hybridized carbons (Fsp3) is 0.353. The second kappa shape index (κ2) is 4.76. The summed E-state index contributed by atoms with van der Waals surface area (Å²) in [5, 5.41) is 6.62. The molecule has 0 saturated carbocycles. The van der Waals surface area contributed by atoms with E-state index >= 15 is 0 Å². The number of rotatable bonds is 1. The van der Waals surface area contributed by atoms with E-state index in [1.807, 2.05) is 5.19 Å². The summed E-state index contributed by atoms with van der Waals surface area (Å²) in [5.41, 5.74) is 3.07. The van der Waals surface area contributed by atoms with Crippen LogP contribution in [0.25, 0.3) is 20.2 Å². The van der Waals surface area contributed by atoms with Crippen LogP contribution in [0.5, 0.6) is 0 Å². The Bertz CT molecular complexity index is 868. The van der Waals surface area contributed by atoms with Gasteiger partial charge >= 0.3 is 0 Å². The van der Waals surface area contributed by atoms with Gasteiger partial charge in [0.05, 0.1) is 17.6 Å². The molecule has 4 heteroatoms. The van der Waals surface area contributed by atoms with Gasteiger partial charge in [-0.05, 0) is 5.19 Å². The Labute approximate surface area is 133 Å². The molecule has 1 aliphatic rings. The van der Waals surface area contributed by atoms with Crippen LogP contribution in [0.2, 0.25) is 18.8 Å². The van der Waals surface area contributed by atoms with Gasteiger partial charge in [0.2, 0.25) is 0 Å². The fourth-order valence-electron chi connectivity index (χ4n) is 4.16.